The highest BCUT2D eigenvalue weighted by atomic mass is 16.7. The summed E-state index contributed by atoms with van der Waals surface area (Å²) in [5.41, 5.74) is 4.00. The van der Waals surface area contributed by atoms with Crippen LogP contribution in [0.2, 0.25) is 0 Å². The summed E-state index contributed by atoms with van der Waals surface area (Å²) in [5, 5.41) is 14.6. The minimum absolute atomic E-state index is 0.0339. The SMILES string of the molecule is COc1cc(C2CC(=O)Nc3c2c(C)nn3Cc2ccccc2)cc2c1OCO2.O=CO. The van der Waals surface area contributed by atoms with E-state index in [1.165, 1.54) is 0 Å². The molecule has 0 fully saturated rings. The molecule has 166 valence electrons. The first-order valence-corrected chi connectivity index (χ1v) is 10.0. The van der Waals surface area contributed by atoms with Crippen LogP contribution in [0.25, 0.3) is 0 Å². The number of carboxylic acid groups (broad SMARTS) is 1. The van der Waals surface area contributed by atoms with Crippen molar-refractivity contribution in [1.29, 1.82) is 0 Å². The third kappa shape index (κ3) is 3.96. The maximum atomic E-state index is 12.6. The smallest absolute Gasteiger partial charge is 0.290 e. The number of hydrogen-bond donors (Lipinski definition) is 2. The molecule has 3 aromatic rings. The van der Waals surface area contributed by atoms with E-state index in [2.05, 4.69) is 5.32 Å². The van der Waals surface area contributed by atoms with Gasteiger partial charge in [-0.25, -0.2) is 4.68 Å². The molecule has 1 aromatic heterocycles. The Kier molecular flexibility index (Phi) is 5.98. The van der Waals surface area contributed by atoms with Crippen LogP contribution in [0.15, 0.2) is 42.5 Å². The molecular weight excluding hydrogens is 414 g/mol. The highest BCUT2D eigenvalue weighted by Gasteiger charge is 2.34. The van der Waals surface area contributed by atoms with Crippen molar-refractivity contribution in [2.45, 2.75) is 25.8 Å². The van der Waals surface area contributed by atoms with Crippen molar-refractivity contribution < 1.29 is 28.9 Å². The lowest BCUT2D eigenvalue weighted by molar-refractivity contribution is -0.123. The maximum absolute atomic E-state index is 12.6. The van der Waals surface area contributed by atoms with Crippen LogP contribution in [0.1, 0.15) is 34.7 Å². The molecule has 0 radical (unpaired) electrons. The fraction of sp³-hybridized carbons (Fsp3) is 0.261. The number of carbonyl (C=O) groups excluding carboxylic acids is 1. The van der Waals surface area contributed by atoms with Crippen LogP contribution in [-0.2, 0) is 16.1 Å². The van der Waals surface area contributed by atoms with E-state index in [0.29, 0.717) is 30.2 Å². The zero-order chi connectivity index (χ0) is 22.7. The summed E-state index contributed by atoms with van der Waals surface area (Å²) in [6, 6.07) is 13.9. The number of anilines is 1. The molecule has 2 N–H and O–H groups in total. The van der Waals surface area contributed by atoms with Gasteiger partial charge in [-0.05, 0) is 30.2 Å². The first-order chi connectivity index (χ1) is 15.5. The number of nitrogens with zero attached hydrogens (tertiary/aromatic N) is 2. The van der Waals surface area contributed by atoms with Crippen molar-refractivity contribution in [3.05, 3.63) is 64.8 Å². The molecule has 0 aliphatic carbocycles. The number of hydrogen-bond acceptors (Lipinski definition) is 6. The molecule has 2 aliphatic heterocycles. The van der Waals surface area contributed by atoms with Crippen molar-refractivity contribution >= 4 is 18.2 Å². The average molecular weight is 437 g/mol. The van der Waals surface area contributed by atoms with Gasteiger partial charge in [-0.1, -0.05) is 30.3 Å². The second kappa shape index (κ2) is 9.01. The largest absolute Gasteiger partial charge is 0.493 e. The van der Waals surface area contributed by atoms with Gasteiger partial charge < -0.3 is 24.6 Å². The van der Waals surface area contributed by atoms with Crippen LogP contribution < -0.4 is 19.5 Å². The lowest BCUT2D eigenvalue weighted by Gasteiger charge is -2.25. The number of benzene rings is 2. The molecule has 2 aromatic carbocycles. The molecule has 5 rings (SSSR count). The molecule has 0 spiro atoms. The Balaban J connectivity index is 0.000000775. The summed E-state index contributed by atoms with van der Waals surface area (Å²) in [5.74, 6) is 2.44. The molecule has 1 unspecified atom stereocenters. The van der Waals surface area contributed by atoms with E-state index in [1.54, 1.807) is 7.11 Å². The van der Waals surface area contributed by atoms with Gasteiger partial charge in [0.25, 0.3) is 6.47 Å². The number of fused-ring (bicyclic) bond motifs is 2. The van der Waals surface area contributed by atoms with E-state index in [0.717, 1.165) is 28.2 Å². The Morgan fingerprint density at radius 3 is 2.75 bits per heavy atom. The van der Waals surface area contributed by atoms with E-state index in [9.17, 15) is 4.79 Å². The second-order valence-corrected chi connectivity index (χ2v) is 7.36. The number of aromatic nitrogens is 2. The summed E-state index contributed by atoms with van der Waals surface area (Å²) < 4.78 is 18.4. The zero-order valence-corrected chi connectivity index (χ0v) is 17.7. The second-order valence-electron chi connectivity index (χ2n) is 7.36. The lowest BCUT2D eigenvalue weighted by atomic mass is 9.85. The molecule has 1 atom stereocenters. The average Bonchev–Trinajstić information content (AvgIpc) is 3.38. The van der Waals surface area contributed by atoms with Crippen LogP contribution in [0.4, 0.5) is 5.82 Å². The van der Waals surface area contributed by atoms with Gasteiger partial charge in [0.2, 0.25) is 18.4 Å². The van der Waals surface area contributed by atoms with E-state index in [-0.39, 0.29) is 25.1 Å². The third-order valence-corrected chi connectivity index (χ3v) is 5.43. The van der Waals surface area contributed by atoms with E-state index < -0.39 is 0 Å². The first kappa shape index (κ1) is 21.2. The minimum Gasteiger partial charge on any atom is -0.493 e. The monoisotopic (exact) mass is 437 g/mol. The molecule has 32 heavy (non-hydrogen) atoms. The number of ether oxygens (including phenoxy) is 3. The van der Waals surface area contributed by atoms with Crippen LogP contribution in [0.5, 0.6) is 17.2 Å². The Morgan fingerprint density at radius 2 is 2.03 bits per heavy atom. The summed E-state index contributed by atoms with van der Waals surface area (Å²) in [6.07, 6.45) is 0.341. The number of aryl methyl sites for hydroxylation is 1. The fourth-order valence-electron chi connectivity index (χ4n) is 4.12. The number of methoxy groups -OCH3 is 1. The van der Waals surface area contributed by atoms with Crippen LogP contribution >= 0.6 is 0 Å². The van der Waals surface area contributed by atoms with Crippen molar-refractivity contribution in [3.63, 3.8) is 0 Å². The van der Waals surface area contributed by atoms with Crippen LogP contribution in [-0.4, -0.2) is 41.2 Å². The molecule has 3 heterocycles. The molecule has 9 heteroatoms. The maximum Gasteiger partial charge on any atom is 0.290 e. The van der Waals surface area contributed by atoms with E-state index >= 15 is 0 Å². The standard InChI is InChI=1S/C22H21N3O4.CH2O2/c1-13-20-16(15-8-17(27-2)21-18(9-15)28-12-29-21)10-19(26)23-22(20)25(24-13)11-14-6-4-3-5-7-14;2-1-3/h3-9,16H,10-12H2,1-2H3,(H,23,26);1H,(H,2,3). The number of nitrogens with one attached hydrogen (secondary N) is 1. The highest BCUT2D eigenvalue weighted by molar-refractivity contribution is 5.94. The molecule has 1 amide bonds. The van der Waals surface area contributed by atoms with E-state index in [4.69, 9.17) is 29.2 Å². The summed E-state index contributed by atoms with van der Waals surface area (Å²) >= 11 is 0. The van der Waals surface area contributed by atoms with Gasteiger partial charge >= 0.3 is 0 Å². The molecular formula is C23H23N3O6. The zero-order valence-electron chi connectivity index (χ0n) is 17.7. The Bertz CT molecular complexity index is 1140. The molecule has 9 nitrogen and oxygen atoms in total. The van der Waals surface area contributed by atoms with Gasteiger partial charge in [0.1, 0.15) is 5.82 Å². The predicted octanol–water partition coefficient (Wildman–Crippen LogP) is 3.15. The molecule has 0 bridgehead atoms. The van der Waals surface area contributed by atoms with Crippen LogP contribution in [0, 0.1) is 6.92 Å². The molecule has 0 saturated heterocycles. The lowest BCUT2D eigenvalue weighted by Crippen LogP contribution is -2.25. The van der Waals surface area contributed by atoms with Gasteiger partial charge in [0.15, 0.2) is 11.5 Å². The third-order valence-electron chi connectivity index (χ3n) is 5.43. The van der Waals surface area contributed by atoms with Crippen molar-refractivity contribution in [2.75, 3.05) is 19.2 Å². The van der Waals surface area contributed by atoms with Crippen molar-refractivity contribution in [2.24, 2.45) is 0 Å². The van der Waals surface area contributed by atoms with Crippen molar-refractivity contribution in [1.82, 2.24) is 9.78 Å². The molecule has 0 saturated carbocycles. The van der Waals surface area contributed by atoms with Crippen LogP contribution in [0.3, 0.4) is 0 Å². The minimum atomic E-state index is -0.250. The summed E-state index contributed by atoms with van der Waals surface area (Å²) in [6.45, 7) is 2.49. The predicted molar refractivity (Wildman–Crippen MR) is 115 cm³/mol. The van der Waals surface area contributed by atoms with Crippen molar-refractivity contribution in [3.8, 4) is 17.2 Å². The fourth-order valence-corrected chi connectivity index (χ4v) is 4.12. The highest BCUT2D eigenvalue weighted by Crippen LogP contribution is 2.47. The Morgan fingerprint density at radius 1 is 1.28 bits per heavy atom. The van der Waals surface area contributed by atoms with Gasteiger partial charge in [-0.2, -0.15) is 5.10 Å². The number of carbonyl (C=O) groups is 2. The normalized spacial score (nSPS) is 15.8. The topological polar surface area (TPSA) is 112 Å². The van der Waals surface area contributed by atoms with E-state index in [1.807, 2.05) is 54.1 Å². The Labute approximate surface area is 184 Å². The molecule has 2 aliphatic rings. The number of amides is 1. The van der Waals surface area contributed by atoms with Gasteiger partial charge in [0.05, 0.1) is 19.3 Å². The number of rotatable bonds is 4. The quantitative estimate of drug-likeness (QED) is 0.603. The van der Waals surface area contributed by atoms with Gasteiger partial charge in [-0.15, -0.1) is 0 Å². The first-order valence-electron chi connectivity index (χ1n) is 10.0. The summed E-state index contributed by atoms with van der Waals surface area (Å²) in [7, 11) is 1.60. The Hall–Kier alpha value is -4.01. The summed E-state index contributed by atoms with van der Waals surface area (Å²) in [4.78, 5) is 20.9. The van der Waals surface area contributed by atoms with Gasteiger partial charge in [0, 0.05) is 17.9 Å². The van der Waals surface area contributed by atoms with Gasteiger partial charge in [-0.3, -0.25) is 9.59 Å².